The number of alkyl halides is 3. The Morgan fingerprint density at radius 1 is 1.25 bits per heavy atom. The first-order chi connectivity index (χ1) is 7.42. The molecule has 1 aromatic carbocycles. The van der Waals surface area contributed by atoms with Gasteiger partial charge in [0.05, 0.1) is 0 Å². The van der Waals surface area contributed by atoms with Gasteiger partial charge in [0.25, 0.3) is 6.43 Å². The van der Waals surface area contributed by atoms with Crippen LogP contribution in [0.1, 0.15) is 16.7 Å². The first-order valence-electron chi connectivity index (χ1n) is 4.72. The monoisotopic (exact) mass is 297 g/mol. The van der Waals surface area contributed by atoms with Crippen LogP contribution in [0.25, 0.3) is 0 Å². The topological polar surface area (TPSA) is 26.0 Å². The number of hydrogen-bond acceptors (Lipinski definition) is 1. The van der Waals surface area contributed by atoms with Gasteiger partial charge in [0.1, 0.15) is 0 Å². The van der Waals surface area contributed by atoms with E-state index in [1.807, 2.05) is 0 Å². The molecule has 1 nitrogen and oxygen atoms in total. The third-order valence-corrected chi connectivity index (χ3v) is 2.44. The van der Waals surface area contributed by atoms with Crippen LogP contribution in [0.3, 0.4) is 0 Å². The second kappa shape index (κ2) is 7.68. The highest BCUT2D eigenvalue weighted by atomic mass is 79.9. The fourth-order valence-corrected chi connectivity index (χ4v) is 1.95. The van der Waals surface area contributed by atoms with Crippen molar-refractivity contribution in [2.45, 2.75) is 26.8 Å². The zero-order valence-electron chi connectivity index (χ0n) is 9.24. The first-order valence-corrected chi connectivity index (χ1v) is 5.51. The van der Waals surface area contributed by atoms with Crippen LogP contribution in [-0.4, -0.2) is 13.1 Å². The van der Waals surface area contributed by atoms with E-state index in [4.69, 9.17) is 5.73 Å². The minimum atomic E-state index is -2.78. The van der Waals surface area contributed by atoms with Gasteiger partial charge in [-0.05, 0) is 42.7 Å². The van der Waals surface area contributed by atoms with E-state index in [1.165, 1.54) is 16.7 Å². The lowest BCUT2D eigenvalue weighted by atomic mass is 10.0. The van der Waals surface area contributed by atoms with Gasteiger partial charge in [-0.2, -0.15) is 0 Å². The summed E-state index contributed by atoms with van der Waals surface area (Å²) in [7, 11) is 0. The summed E-state index contributed by atoms with van der Waals surface area (Å²) in [5, 5.41) is 0. The minimum Gasteiger partial charge on any atom is -0.326 e. The molecule has 0 fully saturated rings. The highest BCUT2D eigenvalue weighted by molar-refractivity contribution is 9.10. The maximum atomic E-state index is 10.4. The first kappa shape index (κ1) is 15.4. The number of aryl methyl sites for hydroxylation is 2. The number of hydrogen-bond donors (Lipinski definition) is 1. The summed E-state index contributed by atoms with van der Waals surface area (Å²) in [6.45, 7) is 3.27. The van der Waals surface area contributed by atoms with Crippen LogP contribution >= 0.6 is 15.9 Å². The average Bonchev–Trinajstić information content (AvgIpc) is 2.17. The molecule has 2 N–H and O–H groups in total. The smallest absolute Gasteiger partial charge is 0.266 e. The van der Waals surface area contributed by atoms with Crippen LogP contribution in [0.4, 0.5) is 13.2 Å². The highest BCUT2D eigenvalue weighted by Crippen LogP contribution is 2.19. The number of halogens is 4. The Kier molecular flexibility index (Phi) is 7.42. The molecule has 0 radical (unpaired) electrons. The Labute approximate surface area is 102 Å². The van der Waals surface area contributed by atoms with Crippen LogP contribution in [-0.2, 0) is 6.54 Å². The van der Waals surface area contributed by atoms with Gasteiger partial charge in [-0.3, -0.25) is 0 Å². The van der Waals surface area contributed by atoms with Crippen LogP contribution in [0.2, 0.25) is 0 Å². The highest BCUT2D eigenvalue weighted by Gasteiger charge is 2.00. The van der Waals surface area contributed by atoms with Crippen LogP contribution in [0.15, 0.2) is 16.6 Å². The molecule has 0 aliphatic carbocycles. The molecule has 0 saturated heterocycles. The predicted octanol–water partition coefficient (Wildman–Crippen LogP) is 3.75. The van der Waals surface area contributed by atoms with Crippen LogP contribution in [0.5, 0.6) is 0 Å². The Morgan fingerprint density at radius 3 is 1.88 bits per heavy atom. The lowest BCUT2D eigenvalue weighted by Crippen LogP contribution is -2.01. The predicted molar refractivity (Wildman–Crippen MR) is 63.5 cm³/mol. The summed E-state index contributed by atoms with van der Waals surface area (Å²) in [5.41, 5.74) is 9.37. The molecule has 0 amide bonds. The zero-order chi connectivity index (χ0) is 12.7. The van der Waals surface area contributed by atoms with Gasteiger partial charge in [0, 0.05) is 11.0 Å². The third kappa shape index (κ3) is 5.51. The quantitative estimate of drug-likeness (QED) is 0.884. The summed E-state index contributed by atoms with van der Waals surface area (Å²) < 4.78 is 32.3. The van der Waals surface area contributed by atoms with E-state index in [1.54, 1.807) is 0 Å². The molecule has 1 rings (SSSR count). The largest absolute Gasteiger partial charge is 0.326 e. The van der Waals surface area contributed by atoms with Gasteiger partial charge in [0.15, 0.2) is 6.67 Å². The van der Waals surface area contributed by atoms with E-state index in [-0.39, 0.29) is 0 Å². The summed E-state index contributed by atoms with van der Waals surface area (Å²) in [6, 6.07) is 4.18. The zero-order valence-corrected chi connectivity index (χ0v) is 10.8. The van der Waals surface area contributed by atoms with Gasteiger partial charge in [0.2, 0.25) is 0 Å². The molecule has 0 atom stereocenters. The molecule has 5 heteroatoms. The van der Waals surface area contributed by atoms with Crippen molar-refractivity contribution in [1.29, 1.82) is 0 Å². The van der Waals surface area contributed by atoms with Crippen molar-refractivity contribution >= 4 is 15.9 Å². The normalized spacial score (nSPS) is 10.0. The fourth-order valence-electron chi connectivity index (χ4n) is 1.26. The van der Waals surface area contributed by atoms with E-state index in [9.17, 15) is 13.2 Å². The molecule has 1 aromatic rings. The maximum Gasteiger partial charge on any atom is 0.266 e. The second-order valence-corrected chi connectivity index (χ2v) is 4.18. The van der Waals surface area contributed by atoms with Crippen molar-refractivity contribution in [3.05, 3.63) is 33.3 Å². The Morgan fingerprint density at radius 2 is 1.62 bits per heavy atom. The molecule has 0 aromatic heterocycles. The van der Waals surface area contributed by atoms with Gasteiger partial charge >= 0.3 is 0 Å². The van der Waals surface area contributed by atoms with Crippen molar-refractivity contribution in [3.8, 4) is 0 Å². The fraction of sp³-hybridized carbons (Fsp3) is 0.455. The number of rotatable bonds is 2. The lowest BCUT2D eigenvalue weighted by Gasteiger charge is -2.07. The van der Waals surface area contributed by atoms with Gasteiger partial charge in [-0.15, -0.1) is 0 Å². The van der Waals surface area contributed by atoms with Crippen LogP contribution < -0.4 is 5.73 Å². The Bertz CT molecular complexity index is 306. The van der Waals surface area contributed by atoms with E-state index >= 15 is 0 Å². The van der Waals surface area contributed by atoms with Gasteiger partial charge in [-0.1, -0.05) is 15.9 Å². The number of nitrogens with two attached hydrogens (primary N) is 1. The average molecular weight is 298 g/mol. The minimum absolute atomic E-state index is 0.630. The number of benzene rings is 1. The lowest BCUT2D eigenvalue weighted by molar-refractivity contribution is 0.113. The Balaban J connectivity index is 0.000000385. The molecule has 0 spiro atoms. The van der Waals surface area contributed by atoms with Crippen LogP contribution in [0, 0.1) is 13.8 Å². The Hall–Kier alpha value is -0.550. The van der Waals surface area contributed by atoms with Crippen molar-refractivity contribution in [3.63, 3.8) is 0 Å². The molecule has 0 saturated carbocycles. The van der Waals surface area contributed by atoms with E-state index in [2.05, 4.69) is 41.9 Å². The van der Waals surface area contributed by atoms with E-state index in [0.29, 0.717) is 6.54 Å². The maximum absolute atomic E-state index is 10.4. The molecule has 0 aliphatic rings. The second-order valence-electron chi connectivity index (χ2n) is 3.27. The molecule has 0 heterocycles. The van der Waals surface area contributed by atoms with Gasteiger partial charge < -0.3 is 5.73 Å². The summed E-state index contributed by atoms with van der Waals surface area (Å²) in [4.78, 5) is 0. The standard InChI is InChI=1S/C9H12BrN.C2H3F3/c1-6-3-8(10)4-7(2)9(6)5-11;3-1-2(4)5/h3-4H,5,11H2,1-2H3;2H,1H2. The molecule has 0 bridgehead atoms. The van der Waals surface area contributed by atoms with E-state index in [0.717, 1.165) is 4.47 Å². The van der Waals surface area contributed by atoms with E-state index < -0.39 is 13.1 Å². The molecule has 0 unspecified atom stereocenters. The third-order valence-electron chi connectivity index (χ3n) is 1.98. The SMILES string of the molecule is Cc1cc(Br)cc(C)c1CN.FCC(F)F. The van der Waals surface area contributed by atoms with Crippen molar-refractivity contribution < 1.29 is 13.2 Å². The van der Waals surface area contributed by atoms with Crippen molar-refractivity contribution in [2.75, 3.05) is 6.67 Å². The van der Waals surface area contributed by atoms with Crippen molar-refractivity contribution in [2.24, 2.45) is 5.73 Å². The molecule has 92 valence electrons. The molecular weight excluding hydrogens is 283 g/mol. The molecular formula is C11H15BrF3N. The van der Waals surface area contributed by atoms with Crippen molar-refractivity contribution in [1.82, 2.24) is 0 Å². The summed E-state index contributed by atoms with van der Waals surface area (Å²) in [5.74, 6) is 0. The summed E-state index contributed by atoms with van der Waals surface area (Å²) >= 11 is 3.44. The summed E-state index contributed by atoms with van der Waals surface area (Å²) in [6.07, 6.45) is -2.78. The van der Waals surface area contributed by atoms with Gasteiger partial charge in [-0.25, -0.2) is 13.2 Å². The molecule has 16 heavy (non-hydrogen) atoms. The molecule has 0 aliphatic heterocycles.